The first-order valence-corrected chi connectivity index (χ1v) is 4.97. The maximum absolute atomic E-state index is 11.4. The number of hydrogen-bond donors (Lipinski definition) is 1. The van der Waals surface area contributed by atoms with Gasteiger partial charge < -0.3 is 5.73 Å². The molecule has 0 aliphatic carbocycles. The van der Waals surface area contributed by atoms with Crippen LogP contribution in [0.3, 0.4) is 0 Å². The molecule has 1 aromatic carbocycles. The molecule has 0 bridgehead atoms. The minimum Gasteiger partial charge on any atom is -0.398 e. The van der Waals surface area contributed by atoms with Crippen LogP contribution in [0, 0.1) is 11.3 Å². The van der Waals surface area contributed by atoms with E-state index in [9.17, 15) is 4.79 Å². The van der Waals surface area contributed by atoms with Crippen molar-refractivity contribution >= 4 is 11.5 Å². The molecule has 0 aliphatic heterocycles. The third-order valence-corrected chi connectivity index (χ3v) is 2.44. The van der Waals surface area contributed by atoms with E-state index in [2.05, 4.69) is 4.98 Å². The van der Waals surface area contributed by atoms with Gasteiger partial charge in [0.2, 0.25) is 5.82 Å². The first-order valence-electron chi connectivity index (χ1n) is 4.97. The second-order valence-corrected chi connectivity index (χ2v) is 3.56. The molecule has 0 aliphatic rings. The van der Waals surface area contributed by atoms with Crippen molar-refractivity contribution in [2.75, 3.05) is 5.73 Å². The van der Waals surface area contributed by atoms with E-state index < -0.39 is 0 Å². The lowest BCUT2D eigenvalue weighted by atomic mass is 10.1. The van der Waals surface area contributed by atoms with Crippen LogP contribution < -0.4 is 5.73 Å². The number of imidazole rings is 1. The highest BCUT2D eigenvalue weighted by atomic mass is 16.1. The summed E-state index contributed by atoms with van der Waals surface area (Å²) in [6.45, 7) is 1.45. The molecule has 0 radical (unpaired) electrons. The molecule has 0 saturated heterocycles. The minimum atomic E-state index is -0.108. The third-order valence-electron chi connectivity index (χ3n) is 2.44. The van der Waals surface area contributed by atoms with E-state index in [1.54, 1.807) is 29.0 Å². The first kappa shape index (κ1) is 10.9. The Morgan fingerprint density at radius 2 is 2.29 bits per heavy atom. The van der Waals surface area contributed by atoms with E-state index >= 15 is 0 Å². The van der Waals surface area contributed by atoms with E-state index in [0.717, 1.165) is 0 Å². The summed E-state index contributed by atoms with van der Waals surface area (Å²) < 4.78 is 1.60. The van der Waals surface area contributed by atoms with Crippen molar-refractivity contribution in [1.82, 2.24) is 9.55 Å². The SMILES string of the molecule is CC(=O)c1cc(-n2ccnc2C#N)ccc1N. The van der Waals surface area contributed by atoms with E-state index in [1.165, 1.54) is 13.1 Å². The molecule has 0 amide bonds. The maximum Gasteiger partial charge on any atom is 0.217 e. The van der Waals surface area contributed by atoms with Crippen LogP contribution in [-0.2, 0) is 0 Å². The van der Waals surface area contributed by atoms with Crippen molar-refractivity contribution in [3.05, 3.63) is 42.0 Å². The van der Waals surface area contributed by atoms with Gasteiger partial charge in [0.1, 0.15) is 6.07 Å². The Balaban J connectivity index is 2.59. The van der Waals surface area contributed by atoms with Crippen molar-refractivity contribution in [3.8, 4) is 11.8 Å². The zero-order valence-corrected chi connectivity index (χ0v) is 9.21. The van der Waals surface area contributed by atoms with E-state index in [-0.39, 0.29) is 11.6 Å². The number of nitrogens with two attached hydrogens (primary N) is 1. The highest BCUT2D eigenvalue weighted by Gasteiger charge is 2.09. The topological polar surface area (TPSA) is 84.7 Å². The quantitative estimate of drug-likeness (QED) is 0.621. The molecule has 5 heteroatoms. The summed E-state index contributed by atoms with van der Waals surface area (Å²) in [5.41, 5.74) is 7.27. The van der Waals surface area contributed by atoms with Gasteiger partial charge in [0.25, 0.3) is 0 Å². The molecule has 2 rings (SSSR count). The van der Waals surface area contributed by atoms with Crippen molar-refractivity contribution in [2.24, 2.45) is 0 Å². The molecule has 0 fully saturated rings. The number of rotatable bonds is 2. The van der Waals surface area contributed by atoms with Crippen LogP contribution in [0.15, 0.2) is 30.6 Å². The number of carbonyl (C=O) groups is 1. The Labute approximate surface area is 98.1 Å². The summed E-state index contributed by atoms with van der Waals surface area (Å²) >= 11 is 0. The highest BCUT2D eigenvalue weighted by Crippen LogP contribution is 2.18. The number of ketones is 1. The predicted octanol–water partition coefficient (Wildman–Crippen LogP) is 1.53. The Bertz CT molecular complexity index is 622. The molecule has 1 aromatic heterocycles. The number of nitrogen functional groups attached to an aromatic ring is 1. The van der Waals surface area contributed by atoms with Gasteiger partial charge in [-0.15, -0.1) is 0 Å². The first-order chi connectivity index (χ1) is 8.13. The number of aromatic nitrogens is 2. The second-order valence-electron chi connectivity index (χ2n) is 3.56. The fourth-order valence-corrected chi connectivity index (χ4v) is 1.59. The Hall–Kier alpha value is -2.61. The monoisotopic (exact) mass is 226 g/mol. The van der Waals surface area contributed by atoms with Gasteiger partial charge in [0.15, 0.2) is 5.78 Å². The van der Waals surface area contributed by atoms with Gasteiger partial charge in [0.05, 0.1) is 0 Å². The molecule has 84 valence electrons. The summed E-state index contributed by atoms with van der Waals surface area (Å²) in [5, 5.41) is 8.88. The molecule has 0 spiro atoms. The molecule has 1 heterocycles. The largest absolute Gasteiger partial charge is 0.398 e. The second kappa shape index (κ2) is 4.10. The van der Waals surface area contributed by atoms with Crippen molar-refractivity contribution in [3.63, 3.8) is 0 Å². The summed E-state index contributed by atoms with van der Waals surface area (Å²) in [7, 11) is 0. The number of nitrogens with zero attached hydrogens (tertiary/aromatic N) is 3. The van der Waals surface area contributed by atoms with Gasteiger partial charge in [-0.2, -0.15) is 5.26 Å². The number of Topliss-reactive ketones (excluding diaryl/α,β-unsaturated/α-hetero) is 1. The molecule has 2 aromatic rings. The zero-order valence-electron chi connectivity index (χ0n) is 9.21. The Kier molecular flexibility index (Phi) is 2.63. The Morgan fingerprint density at radius 1 is 1.53 bits per heavy atom. The molecule has 5 nitrogen and oxygen atoms in total. The maximum atomic E-state index is 11.4. The fraction of sp³-hybridized carbons (Fsp3) is 0.0833. The summed E-state index contributed by atoms with van der Waals surface area (Å²) in [5.74, 6) is 0.159. The van der Waals surface area contributed by atoms with Crippen molar-refractivity contribution in [2.45, 2.75) is 6.92 Å². The smallest absolute Gasteiger partial charge is 0.217 e. The summed E-state index contributed by atoms with van der Waals surface area (Å²) in [6.07, 6.45) is 3.19. The normalized spacial score (nSPS) is 9.88. The number of benzene rings is 1. The number of anilines is 1. The van der Waals surface area contributed by atoms with E-state index in [1.807, 2.05) is 6.07 Å². The average molecular weight is 226 g/mol. The van der Waals surface area contributed by atoms with Crippen molar-refractivity contribution < 1.29 is 4.79 Å². The number of hydrogen-bond acceptors (Lipinski definition) is 4. The number of carbonyl (C=O) groups excluding carboxylic acids is 1. The van der Waals surface area contributed by atoms with Gasteiger partial charge >= 0.3 is 0 Å². The summed E-state index contributed by atoms with van der Waals surface area (Å²) in [4.78, 5) is 15.3. The van der Waals surface area contributed by atoms with Crippen molar-refractivity contribution in [1.29, 1.82) is 5.26 Å². The molecule has 0 atom stereocenters. The van der Waals surface area contributed by atoms with Gasteiger partial charge in [-0.25, -0.2) is 4.98 Å². The van der Waals surface area contributed by atoms with E-state index in [0.29, 0.717) is 16.9 Å². The third kappa shape index (κ3) is 1.88. The lowest BCUT2D eigenvalue weighted by Gasteiger charge is -2.07. The minimum absolute atomic E-state index is 0.108. The summed E-state index contributed by atoms with van der Waals surface area (Å²) in [6, 6.07) is 7.01. The van der Waals surface area contributed by atoms with Crippen LogP contribution in [-0.4, -0.2) is 15.3 Å². The van der Waals surface area contributed by atoms with Crippen LogP contribution in [0.25, 0.3) is 5.69 Å². The van der Waals surface area contributed by atoms with E-state index in [4.69, 9.17) is 11.0 Å². The standard InChI is InChI=1S/C12H10N4O/c1-8(17)10-6-9(2-3-11(10)14)16-5-4-15-12(16)7-13/h2-6H,14H2,1H3. The Morgan fingerprint density at radius 3 is 2.94 bits per heavy atom. The molecular formula is C12H10N4O. The highest BCUT2D eigenvalue weighted by molar-refractivity contribution is 5.99. The lowest BCUT2D eigenvalue weighted by molar-refractivity contribution is 0.101. The molecule has 2 N–H and O–H groups in total. The van der Waals surface area contributed by atoms with Crippen LogP contribution in [0.2, 0.25) is 0 Å². The van der Waals surface area contributed by atoms with Crippen LogP contribution >= 0.6 is 0 Å². The lowest BCUT2D eigenvalue weighted by Crippen LogP contribution is -2.03. The molecule has 0 unspecified atom stereocenters. The van der Waals surface area contributed by atoms with Crippen LogP contribution in [0.4, 0.5) is 5.69 Å². The molecule has 17 heavy (non-hydrogen) atoms. The predicted molar refractivity (Wildman–Crippen MR) is 62.7 cm³/mol. The van der Waals surface area contributed by atoms with Crippen LogP contribution in [0.5, 0.6) is 0 Å². The molecular weight excluding hydrogens is 216 g/mol. The fourth-order valence-electron chi connectivity index (χ4n) is 1.59. The van der Waals surface area contributed by atoms with Crippen LogP contribution in [0.1, 0.15) is 23.1 Å². The average Bonchev–Trinajstić information content (AvgIpc) is 2.77. The van der Waals surface area contributed by atoms with Gasteiger partial charge in [-0.1, -0.05) is 0 Å². The van der Waals surface area contributed by atoms with Gasteiger partial charge in [-0.05, 0) is 25.1 Å². The number of nitriles is 1. The van der Waals surface area contributed by atoms with Gasteiger partial charge in [-0.3, -0.25) is 9.36 Å². The molecule has 0 saturated carbocycles. The zero-order chi connectivity index (χ0) is 12.4. The van der Waals surface area contributed by atoms with Gasteiger partial charge in [0, 0.05) is 29.3 Å².